The lowest BCUT2D eigenvalue weighted by Crippen LogP contribution is -2.51. The van der Waals surface area contributed by atoms with Crippen molar-refractivity contribution in [2.24, 2.45) is 4.99 Å². The molecule has 1 fully saturated rings. The van der Waals surface area contributed by atoms with Crippen LogP contribution in [0.25, 0.3) is 0 Å². The van der Waals surface area contributed by atoms with Gasteiger partial charge >= 0.3 is 0 Å². The number of aliphatic imine (C=N–C) groups is 1. The second-order valence-electron chi connectivity index (χ2n) is 6.44. The maximum atomic E-state index is 11.6. The third-order valence-corrected chi connectivity index (χ3v) is 4.76. The van der Waals surface area contributed by atoms with Crippen LogP contribution in [0, 0.1) is 0 Å². The Bertz CT molecular complexity index is 841. The van der Waals surface area contributed by atoms with Crippen molar-refractivity contribution in [3.8, 4) is 11.5 Å². The van der Waals surface area contributed by atoms with Gasteiger partial charge in [0.15, 0.2) is 5.75 Å². The Morgan fingerprint density at radius 1 is 1.04 bits per heavy atom. The lowest BCUT2D eigenvalue weighted by Gasteiger charge is -2.36. The van der Waals surface area contributed by atoms with Crippen molar-refractivity contribution in [2.45, 2.75) is 0 Å². The van der Waals surface area contributed by atoms with Gasteiger partial charge in [0.25, 0.3) is 0 Å². The van der Waals surface area contributed by atoms with Crippen LogP contribution >= 0.6 is 0 Å². The molecule has 0 unspecified atom stereocenters. The van der Waals surface area contributed by atoms with Crippen molar-refractivity contribution < 1.29 is 9.53 Å². The van der Waals surface area contributed by atoms with Crippen molar-refractivity contribution in [1.29, 1.82) is 0 Å². The molecular formula is C20H22N4O2. The van der Waals surface area contributed by atoms with Gasteiger partial charge in [0, 0.05) is 33.2 Å². The summed E-state index contributed by atoms with van der Waals surface area (Å²) in [6.45, 7) is 3.76. The lowest BCUT2D eigenvalue weighted by atomic mass is 10.1. The first kappa shape index (κ1) is 16.6. The second kappa shape index (κ2) is 7.17. The summed E-state index contributed by atoms with van der Waals surface area (Å²) in [6.07, 6.45) is 0. The number of rotatable bonds is 2. The Morgan fingerprint density at radius 2 is 1.73 bits per heavy atom. The van der Waals surface area contributed by atoms with Crippen LogP contribution in [0.3, 0.4) is 0 Å². The van der Waals surface area contributed by atoms with E-state index in [4.69, 9.17) is 9.73 Å². The minimum Gasteiger partial charge on any atom is -0.454 e. The van der Waals surface area contributed by atoms with Crippen molar-refractivity contribution in [3.63, 3.8) is 0 Å². The van der Waals surface area contributed by atoms with E-state index in [2.05, 4.69) is 21.2 Å². The normalized spacial score (nSPS) is 16.7. The van der Waals surface area contributed by atoms with Gasteiger partial charge in [0.1, 0.15) is 17.3 Å². The van der Waals surface area contributed by atoms with Gasteiger partial charge in [0.2, 0.25) is 5.91 Å². The molecule has 26 heavy (non-hydrogen) atoms. The van der Waals surface area contributed by atoms with E-state index in [9.17, 15) is 4.79 Å². The molecule has 6 heteroatoms. The first-order valence-electron chi connectivity index (χ1n) is 8.87. The van der Waals surface area contributed by atoms with Crippen LogP contribution in [0.1, 0.15) is 5.56 Å². The fraction of sp³-hybridized carbons (Fsp3) is 0.300. The summed E-state index contributed by atoms with van der Waals surface area (Å²) in [5.74, 6) is 2.58. The third-order valence-electron chi connectivity index (χ3n) is 4.76. The van der Waals surface area contributed by atoms with Crippen LogP contribution in [-0.4, -0.2) is 61.3 Å². The molecule has 1 amide bonds. The molecule has 0 radical (unpaired) electrons. The van der Waals surface area contributed by atoms with Crippen LogP contribution in [0.2, 0.25) is 0 Å². The molecule has 6 nitrogen and oxygen atoms in total. The molecule has 0 aliphatic carbocycles. The summed E-state index contributed by atoms with van der Waals surface area (Å²) in [5.41, 5.74) is 1.84. The molecule has 0 bridgehead atoms. The zero-order valence-electron chi connectivity index (χ0n) is 14.8. The number of carbonyl (C=O) groups excluding carboxylic acids is 1. The molecule has 1 saturated heterocycles. The molecule has 2 aromatic rings. The first-order chi connectivity index (χ1) is 12.7. The van der Waals surface area contributed by atoms with E-state index in [-0.39, 0.29) is 5.91 Å². The topological polar surface area (TPSA) is 57.2 Å². The zero-order chi connectivity index (χ0) is 17.9. The molecule has 2 aliphatic rings. The number of nitrogens with one attached hydrogen (secondary N) is 1. The van der Waals surface area contributed by atoms with E-state index in [1.54, 1.807) is 7.05 Å². The number of likely N-dealkylation sites (N-methyl/N-ethyl adjacent to an activating group) is 1. The maximum absolute atomic E-state index is 11.6. The Balaban J connectivity index is 1.61. The summed E-state index contributed by atoms with van der Waals surface area (Å²) in [4.78, 5) is 21.0. The van der Waals surface area contributed by atoms with Crippen LogP contribution < -0.4 is 10.1 Å². The zero-order valence-corrected chi connectivity index (χ0v) is 14.8. The van der Waals surface area contributed by atoms with Gasteiger partial charge in [-0.25, -0.2) is 4.99 Å². The van der Waals surface area contributed by atoms with E-state index in [0.29, 0.717) is 6.54 Å². The van der Waals surface area contributed by atoms with Crippen molar-refractivity contribution in [1.82, 2.24) is 15.1 Å². The number of benzene rings is 2. The predicted octanol–water partition coefficient (Wildman–Crippen LogP) is 2.23. The second-order valence-corrected chi connectivity index (χ2v) is 6.44. The average molecular weight is 350 g/mol. The number of amides is 1. The number of nitrogens with zero attached hydrogens (tertiary/aromatic N) is 3. The number of amidine groups is 1. The van der Waals surface area contributed by atoms with Gasteiger partial charge in [0.05, 0.1) is 12.1 Å². The van der Waals surface area contributed by atoms with Gasteiger partial charge in [-0.3, -0.25) is 9.69 Å². The van der Waals surface area contributed by atoms with E-state index in [1.807, 2.05) is 42.5 Å². The Labute approximate surface area is 153 Å². The first-order valence-corrected chi connectivity index (χ1v) is 8.87. The Kier molecular flexibility index (Phi) is 4.58. The molecule has 2 aromatic carbocycles. The van der Waals surface area contributed by atoms with E-state index in [1.165, 1.54) is 0 Å². The molecule has 1 N–H and O–H groups in total. The molecule has 134 valence electrons. The molecule has 2 aliphatic heterocycles. The number of fused-ring (bicyclic) bond motifs is 2. The standard InChI is InChI=1S/C20H22N4O2/c1-21-19(25)14-23-10-12-24(13-11-23)20-15-6-2-4-8-17(15)26-18-9-5-3-7-16(18)22-20/h2-9H,10-14H2,1H3,(H,21,25). The third kappa shape index (κ3) is 3.28. The van der Waals surface area contributed by atoms with Crippen LogP contribution in [0.4, 0.5) is 5.69 Å². The van der Waals surface area contributed by atoms with Gasteiger partial charge in [-0.1, -0.05) is 24.3 Å². The molecular weight excluding hydrogens is 328 g/mol. The fourth-order valence-corrected chi connectivity index (χ4v) is 3.31. The summed E-state index contributed by atoms with van der Waals surface area (Å²) >= 11 is 0. The summed E-state index contributed by atoms with van der Waals surface area (Å²) in [7, 11) is 1.67. The largest absolute Gasteiger partial charge is 0.454 e. The fourth-order valence-electron chi connectivity index (χ4n) is 3.31. The number of ether oxygens (including phenoxy) is 1. The van der Waals surface area contributed by atoms with Crippen molar-refractivity contribution >= 4 is 17.4 Å². The van der Waals surface area contributed by atoms with Crippen LogP contribution in [0.15, 0.2) is 53.5 Å². The average Bonchev–Trinajstić information content (AvgIpc) is 2.85. The molecule has 0 atom stereocenters. The van der Waals surface area contributed by atoms with Gasteiger partial charge < -0.3 is 15.0 Å². The molecule has 4 rings (SSSR count). The van der Waals surface area contributed by atoms with E-state index in [0.717, 1.165) is 54.8 Å². The van der Waals surface area contributed by atoms with E-state index < -0.39 is 0 Å². The molecule has 2 heterocycles. The summed E-state index contributed by atoms with van der Waals surface area (Å²) in [5, 5.41) is 2.68. The predicted molar refractivity (Wildman–Crippen MR) is 101 cm³/mol. The number of piperazine rings is 1. The molecule has 0 saturated carbocycles. The lowest BCUT2D eigenvalue weighted by molar-refractivity contribution is -0.122. The van der Waals surface area contributed by atoms with Gasteiger partial charge in [-0.05, 0) is 24.3 Å². The number of para-hydroxylation sites is 3. The summed E-state index contributed by atoms with van der Waals surface area (Å²) < 4.78 is 6.11. The van der Waals surface area contributed by atoms with Crippen LogP contribution in [-0.2, 0) is 4.79 Å². The highest BCUT2D eigenvalue weighted by molar-refractivity contribution is 6.03. The smallest absolute Gasteiger partial charge is 0.233 e. The van der Waals surface area contributed by atoms with Gasteiger partial charge in [-0.2, -0.15) is 0 Å². The number of hydrogen-bond acceptors (Lipinski definition) is 5. The molecule has 0 spiro atoms. The summed E-state index contributed by atoms with van der Waals surface area (Å²) in [6, 6.07) is 15.9. The van der Waals surface area contributed by atoms with Crippen molar-refractivity contribution in [2.75, 3.05) is 39.8 Å². The SMILES string of the molecule is CNC(=O)CN1CCN(C2=Nc3ccccc3Oc3ccccc32)CC1. The number of carbonyl (C=O) groups is 1. The van der Waals surface area contributed by atoms with Crippen LogP contribution in [0.5, 0.6) is 11.5 Å². The van der Waals surface area contributed by atoms with Crippen molar-refractivity contribution in [3.05, 3.63) is 54.1 Å². The van der Waals surface area contributed by atoms with E-state index >= 15 is 0 Å². The quantitative estimate of drug-likeness (QED) is 0.902. The van der Waals surface area contributed by atoms with Gasteiger partial charge in [-0.15, -0.1) is 0 Å². The highest BCUT2D eigenvalue weighted by Gasteiger charge is 2.26. The molecule has 0 aromatic heterocycles. The maximum Gasteiger partial charge on any atom is 0.233 e. The minimum absolute atomic E-state index is 0.0536. The minimum atomic E-state index is 0.0536. The Hall–Kier alpha value is -2.86. The Morgan fingerprint density at radius 3 is 2.50 bits per heavy atom. The number of hydrogen-bond donors (Lipinski definition) is 1. The monoisotopic (exact) mass is 350 g/mol. The highest BCUT2D eigenvalue weighted by atomic mass is 16.5. The highest BCUT2D eigenvalue weighted by Crippen LogP contribution is 2.37.